The van der Waals surface area contributed by atoms with Crippen LogP contribution < -0.4 is 5.32 Å². The molecule has 0 saturated heterocycles. The summed E-state index contributed by atoms with van der Waals surface area (Å²) in [5, 5.41) is 11.8. The van der Waals surface area contributed by atoms with Crippen LogP contribution in [0.2, 0.25) is 0 Å². The fourth-order valence-corrected chi connectivity index (χ4v) is 2.66. The summed E-state index contributed by atoms with van der Waals surface area (Å²) in [6.45, 7) is 3.76. The highest BCUT2D eigenvalue weighted by atomic mass is 16.2. The lowest BCUT2D eigenvalue weighted by atomic mass is 10.1. The molecule has 0 bridgehead atoms. The minimum atomic E-state index is -0.228. The van der Waals surface area contributed by atoms with Gasteiger partial charge >= 0.3 is 0 Å². The van der Waals surface area contributed by atoms with Crippen molar-refractivity contribution in [1.82, 2.24) is 4.90 Å². The Morgan fingerprint density at radius 3 is 2.40 bits per heavy atom. The molecule has 0 radical (unpaired) electrons. The van der Waals surface area contributed by atoms with E-state index in [-0.39, 0.29) is 24.3 Å². The second kappa shape index (κ2) is 8.65. The Bertz CT molecular complexity index is 781. The average Bonchev–Trinajstić information content (AvgIpc) is 2.62. The number of nitrogens with one attached hydrogen (secondary N) is 1. The highest BCUT2D eigenvalue weighted by Crippen LogP contribution is 2.20. The Hall–Kier alpha value is -3.13. The molecule has 2 aromatic rings. The molecule has 1 atom stereocenters. The van der Waals surface area contributed by atoms with E-state index in [0.29, 0.717) is 17.8 Å². The highest BCUT2D eigenvalue weighted by Gasteiger charge is 2.19. The van der Waals surface area contributed by atoms with Gasteiger partial charge in [-0.3, -0.25) is 9.59 Å². The fourth-order valence-electron chi connectivity index (χ4n) is 2.66. The molecule has 5 heteroatoms. The third-order valence-electron chi connectivity index (χ3n) is 4.06. The zero-order valence-corrected chi connectivity index (χ0v) is 14.4. The lowest BCUT2D eigenvalue weighted by molar-refractivity contribution is -0.131. The molecule has 0 aliphatic carbocycles. The van der Waals surface area contributed by atoms with Crippen LogP contribution in [-0.2, 0) is 9.59 Å². The van der Waals surface area contributed by atoms with Crippen LogP contribution in [-0.4, -0.2) is 23.3 Å². The van der Waals surface area contributed by atoms with Gasteiger partial charge in [0.1, 0.15) is 6.07 Å². The molecule has 1 N–H and O–H groups in total. The molecule has 5 nitrogen and oxygen atoms in total. The maximum Gasteiger partial charge on any atom is 0.226 e. The predicted octanol–water partition coefficient (Wildman–Crippen LogP) is 3.50. The zero-order chi connectivity index (χ0) is 18.2. The molecule has 0 heterocycles. The van der Waals surface area contributed by atoms with Gasteiger partial charge in [-0.15, -0.1) is 0 Å². The van der Waals surface area contributed by atoms with Crippen molar-refractivity contribution < 1.29 is 9.59 Å². The monoisotopic (exact) mass is 335 g/mol. The molecule has 0 aliphatic rings. The van der Waals surface area contributed by atoms with E-state index in [2.05, 4.69) is 5.32 Å². The SMILES string of the molecule is CC(=O)N(CCC(=O)Nc1ccccc1C#N)C(C)c1ccccc1. The standard InChI is InChI=1S/C20H21N3O2/c1-15(17-8-4-3-5-9-17)23(16(2)24)13-12-20(25)22-19-11-7-6-10-18(19)14-21/h3-11,15H,12-13H2,1-2H3,(H,22,25). The van der Waals surface area contributed by atoms with Crippen LogP contribution in [0.1, 0.15) is 37.4 Å². The molecule has 25 heavy (non-hydrogen) atoms. The van der Waals surface area contributed by atoms with Crippen LogP contribution in [0.4, 0.5) is 5.69 Å². The van der Waals surface area contributed by atoms with Crippen molar-refractivity contribution >= 4 is 17.5 Å². The summed E-state index contributed by atoms with van der Waals surface area (Å²) in [5.74, 6) is -0.309. The molecule has 0 aromatic heterocycles. The first-order chi connectivity index (χ1) is 12.0. The quantitative estimate of drug-likeness (QED) is 0.878. The van der Waals surface area contributed by atoms with Crippen molar-refractivity contribution in [1.29, 1.82) is 5.26 Å². The van der Waals surface area contributed by atoms with E-state index < -0.39 is 0 Å². The molecule has 1 unspecified atom stereocenters. The van der Waals surface area contributed by atoms with E-state index in [9.17, 15) is 9.59 Å². The minimum Gasteiger partial charge on any atom is -0.336 e. The third-order valence-corrected chi connectivity index (χ3v) is 4.06. The van der Waals surface area contributed by atoms with E-state index in [1.807, 2.05) is 43.3 Å². The maximum atomic E-state index is 12.2. The topological polar surface area (TPSA) is 73.2 Å². The number of nitriles is 1. The summed E-state index contributed by atoms with van der Waals surface area (Å²) in [5.41, 5.74) is 1.92. The number of hydrogen-bond acceptors (Lipinski definition) is 3. The van der Waals surface area contributed by atoms with Gasteiger partial charge in [-0.1, -0.05) is 42.5 Å². The van der Waals surface area contributed by atoms with E-state index in [0.717, 1.165) is 5.56 Å². The second-order valence-corrected chi connectivity index (χ2v) is 5.75. The summed E-state index contributed by atoms with van der Waals surface area (Å²) in [7, 11) is 0. The number of para-hydroxylation sites is 1. The van der Waals surface area contributed by atoms with E-state index in [1.54, 1.807) is 29.2 Å². The smallest absolute Gasteiger partial charge is 0.226 e. The zero-order valence-electron chi connectivity index (χ0n) is 14.4. The van der Waals surface area contributed by atoms with Crippen molar-refractivity contribution in [2.75, 3.05) is 11.9 Å². The molecule has 0 saturated carbocycles. The Kier molecular flexibility index (Phi) is 6.30. The second-order valence-electron chi connectivity index (χ2n) is 5.75. The summed E-state index contributed by atoms with van der Waals surface area (Å²) >= 11 is 0. The van der Waals surface area contributed by atoms with Crippen LogP contribution in [0.5, 0.6) is 0 Å². The molecular formula is C20H21N3O2. The van der Waals surface area contributed by atoms with Crippen molar-refractivity contribution in [3.05, 3.63) is 65.7 Å². The van der Waals surface area contributed by atoms with Crippen LogP contribution >= 0.6 is 0 Å². The number of anilines is 1. The highest BCUT2D eigenvalue weighted by molar-refractivity contribution is 5.92. The van der Waals surface area contributed by atoms with Gasteiger partial charge < -0.3 is 10.2 Å². The van der Waals surface area contributed by atoms with Gasteiger partial charge in [-0.05, 0) is 24.6 Å². The van der Waals surface area contributed by atoms with Gasteiger partial charge in [-0.2, -0.15) is 5.26 Å². The van der Waals surface area contributed by atoms with Crippen molar-refractivity contribution in [3.8, 4) is 6.07 Å². The number of carbonyl (C=O) groups excluding carboxylic acids is 2. The lowest BCUT2D eigenvalue weighted by Crippen LogP contribution is -2.34. The first-order valence-corrected chi connectivity index (χ1v) is 8.14. The number of amides is 2. The molecule has 128 valence electrons. The minimum absolute atomic E-state index is 0.0819. The summed E-state index contributed by atoms with van der Waals surface area (Å²) in [6.07, 6.45) is 0.163. The van der Waals surface area contributed by atoms with Gasteiger partial charge in [0, 0.05) is 19.9 Å². The number of nitrogens with zero attached hydrogens (tertiary/aromatic N) is 2. The van der Waals surface area contributed by atoms with Gasteiger partial charge in [0.2, 0.25) is 11.8 Å². The largest absolute Gasteiger partial charge is 0.336 e. The Balaban J connectivity index is 2.00. The normalized spacial score (nSPS) is 11.2. The van der Waals surface area contributed by atoms with E-state index in [4.69, 9.17) is 5.26 Å². The molecule has 2 aromatic carbocycles. The van der Waals surface area contributed by atoms with Crippen LogP contribution in [0.3, 0.4) is 0 Å². The predicted molar refractivity (Wildman–Crippen MR) is 96.6 cm³/mol. The number of rotatable bonds is 6. The number of benzene rings is 2. The maximum absolute atomic E-state index is 12.2. The molecular weight excluding hydrogens is 314 g/mol. The lowest BCUT2D eigenvalue weighted by Gasteiger charge is -2.28. The number of carbonyl (C=O) groups is 2. The molecule has 2 amide bonds. The molecule has 0 spiro atoms. The first kappa shape index (κ1) is 18.2. The van der Waals surface area contributed by atoms with Gasteiger partial charge in [0.25, 0.3) is 0 Å². The average molecular weight is 335 g/mol. The first-order valence-electron chi connectivity index (χ1n) is 8.14. The third kappa shape index (κ3) is 4.92. The van der Waals surface area contributed by atoms with Crippen LogP contribution in [0.15, 0.2) is 54.6 Å². The Labute approximate surface area is 147 Å². The number of hydrogen-bond donors (Lipinski definition) is 1. The van der Waals surface area contributed by atoms with Crippen molar-refractivity contribution in [3.63, 3.8) is 0 Å². The molecule has 0 aliphatic heterocycles. The van der Waals surface area contributed by atoms with Crippen molar-refractivity contribution in [2.24, 2.45) is 0 Å². The van der Waals surface area contributed by atoms with Gasteiger partial charge in [-0.25, -0.2) is 0 Å². The van der Waals surface area contributed by atoms with E-state index >= 15 is 0 Å². The summed E-state index contributed by atoms with van der Waals surface area (Å²) in [6, 6.07) is 18.5. The Morgan fingerprint density at radius 1 is 1.12 bits per heavy atom. The molecule has 2 rings (SSSR count). The van der Waals surface area contributed by atoms with Gasteiger partial charge in [0.05, 0.1) is 17.3 Å². The van der Waals surface area contributed by atoms with Crippen LogP contribution in [0.25, 0.3) is 0 Å². The van der Waals surface area contributed by atoms with E-state index in [1.165, 1.54) is 6.92 Å². The van der Waals surface area contributed by atoms with Gasteiger partial charge in [0.15, 0.2) is 0 Å². The Morgan fingerprint density at radius 2 is 1.76 bits per heavy atom. The van der Waals surface area contributed by atoms with Crippen molar-refractivity contribution in [2.45, 2.75) is 26.3 Å². The van der Waals surface area contributed by atoms with Crippen LogP contribution in [0, 0.1) is 11.3 Å². The molecule has 0 fully saturated rings. The fraction of sp³-hybridized carbons (Fsp3) is 0.250. The summed E-state index contributed by atoms with van der Waals surface area (Å²) in [4.78, 5) is 25.9. The summed E-state index contributed by atoms with van der Waals surface area (Å²) < 4.78 is 0.